The molecule has 1 fully saturated rings. The average Bonchev–Trinajstić information content (AvgIpc) is 3.30. The monoisotopic (exact) mass is 532 g/mol. The minimum Gasteiger partial charge on any atom is -0.495 e. The van der Waals surface area contributed by atoms with E-state index in [-0.39, 0.29) is 18.0 Å². The lowest BCUT2D eigenvalue weighted by atomic mass is 10.1. The van der Waals surface area contributed by atoms with Crippen molar-refractivity contribution >= 4 is 51.8 Å². The van der Waals surface area contributed by atoms with Crippen molar-refractivity contribution in [3.05, 3.63) is 41.0 Å². The number of aromatic nitrogens is 3. The summed E-state index contributed by atoms with van der Waals surface area (Å²) in [5.41, 5.74) is 1.58. The summed E-state index contributed by atoms with van der Waals surface area (Å²) in [6.45, 7) is 6.83. The molecule has 10 nitrogen and oxygen atoms in total. The Morgan fingerprint density at radius 2 is 1.86 bits per heavy atom. The quantitative estimate of drug-likeness (QED) is 0.352. The number of hydrogen-bond donors (Lipinski definition) is 3. The maximum atomic E-state index is 11.7. The third kappa shape index (κ3) is 5.11. The molecule has 3 heterocycles. The second kappa shape index (κ2) is 11.2. The van der Waals surface area contributed by atoms with Crippen LogP contribution in [0.2, 0.25) is 10.0 Å². The highest BCUT2D eigenvalue weighted by Gasteiger charge is 2.30. The van der Waals surface area contributed by atoms with Crippen LogP contribution in [0, 0.1) is 0 Å². The Morgan fingerprint density at radius 3 is 2.50 bits per heavy atom. The first kappa shape index (κ1) is 25.7. The standard InChI is InChI=1S/C24H26Cl2N6O4/c1-5-18(33)29-14-10-36-11-15(14)31-24-28-9-12-7-13(30-23(27-6-2)22(12)32-24)19-20(25)16(34-3)8-17(35-4)21(19)26/h5,7-9,14-15H,1,6,10-11H2,2-4H3,(H,27,30)(H,29,33)(H,28,31,32). The smallest absolute Gasteiger partial charge is 0.243 e. The first-order chi connectivity index (χ1) is 17.4. The van der Waals surface area contributed by atoms with Crippen molar-refractivity contribution in [3.8, 4) is 22.8 Å². The molecule has 4 rings (SSSR count). The van der Waals surface area contributed by atoms with Crippen LogP contribution < -0.4 is 25.4 Å². The van der Waals surface area contributed by atoms with Crippen LogP contribution in [0.25, 0.3) is 22.2 Å². The van der Waals surface area contributed by atoms with Gasteiger partial charge in [0, 0.05) is 29.8 Å². The van der Waals surface area contributed by atoms with Gasteiger partial charge in [0.25, 0.3) is 0 Å². The highest BCUT2D eigenvalue weighted by molar-refractivity contribution is 6.41. The molecule has 0 spiro atoms. The highest BCUT2D eigenvalue weighted by atomic mass is 35.5. The van der Waals surface area contributed by atoms with E-state index in [0.717, 1.165) is 5.39 Å². The fraction of sp³-hybridized carbons (Fsp3) is 0.333. The fourth-order valence-corrected chi connectivity index (χ4v) is 4.58. The molecule has 3 aromatic rings. The lowest BCUT2D eigenvalue weighted by Gasteiger charge is -2.20. The molecule has 0 saturated carbocycles. The minimum absolute atomic E-state index is 0.206. The Labute approximate surface area is 218 Å². The number of carbonyl (C=O) groups excluding carboxylic acids is 1. The van der Waals surface area contributed by atoms with E-state index in [1.54, 1.807) is 18.3 Å². The number of anilines is 2. The number of fused-ring (bicyclic) bond motifs is 1. The van der Waals surface area contributed by atoms with Crippen LogP contribution >= 0.6 is 23.2 Å². The molecule has 12 heteroatoms. The number of carbonyl (C=O) groups is 1. The predicted molar refractivity (Wildman–Crippen MR) is 140 cm³/mol. The van der Waals surface area contributed by atoms with Crippen molar-refractivity contribution in [2.75, 3.05) is 44.6 Å². The maximum Gasteiger partial charge on any atom is 0.243 e. The summed E-state index contributed by atoms with van der Waals surface area (Å²) < 4.78 is 16.3. The summed E-state index contributed by atoms with van der Waals surface area (Å²) >= 11 is 13.2. The number of halogens is 2. The molecule has 1 amide bonds. The van der Waals surface area contributed by atoms with Crippen LogP contribution in [-0.4, -0.2) is 66.9 Å². The molecule has 2 unspecified atom stereocenters. The second-order valence-corrected chi connectivity index (χ2v) is 8.67. The molecular formula is C24H26Cl2N6O4. The summed E-state index contributed by atoms with van der Waals surface area (Å²) in [7, 11) is 3.03. The Morgan fingerprint density at radius 1 is 1.17 bits per heavy atom. The molecule has 1 aliphatic heterocycles. The Hall–Kier alpha value is -3.34. The van der Waals surface area contributed by atoms with Crippen molar-refractivity contribution in [3.63, 3.8) is 0 Å². The van der Waals surface area contributed by atoms with Crippen LogP contribution in [0.5, 0.6) is 11.5 Å². The van der Waals surface area contributed by atoms with Gasteiger partial charge in [-0.3, -0.25) is 4.79 Å². The number of rotatable bonds is 9. The summed E-state index contributed by atoms with van der Waals surface area (Å²) in [5.74, 6) is 1.46. The number of ether oxygens (including phenoxy) is 3. The van der Waals surface area contributed by atoms with E-state index in [2.05, 4.69) is 32.5 Å². The molecule has 2 aromatic heterocycles. The first-order valence-electron chi connectivity index (χ1n) is 11.2. The van der Waals surface area contributed by atoms with Crippen molar-refractivity contribution < 1.29 is 19.0 Å². The molecule has 0 aliphatic carbocycles. The van der Waals surface area contributed by atoms with Gasteiger partial charge in [0.05, 0.1) is 55.3 Å². The molecule has 0 bridgehead atoms. The van der Waals surface area contributed by atoms with Crippen LogP contribution in [0.15, 0.2) is 31.0 Å². The summed E-state index contributed by atoms with van der Waals surface area (Å²) in [6, 6.07) is 2.98. The van der Waals surface area contributed by atoms with Gasteiger partial charge < -0.3 is 30.2 Å². The molecule has 1 saturated heterocycles. The fourth-order valence-electron chi connectivity index (χ4n) is 3.88. The van der Waals surface area contributed by atoms with Crippen LogP contribution in [0.1, 0.15) is 6.92 Å². The van der Waals surface area contributed by atoms with Crippen LogP contribution in [-0.2, 0) is 9.53 Å². The predicted octanol–water partition coefficient (Wildman–Crippen LogP) is 3.93. The first-order valence-corrected chi connectivity index (χ1v) is 11.9. The number of amides is 1. The Balaban J connectivity index is 1.75. The van der Waals surface area contributed by atoms with E-state index < -0.39 is 0 Å². The maximum absolute atomic E-state index is 11.7. The van der Waals surface area contributed by atoms with Crippen molar-refractivity contribution in [2.45, 2.75) is 19.0 Å². The SMILES string of the molecule is C=CC(=O)NC1COCC1Nc1ncc2cc(-c3c(Cl)c(OC)cc(OC)c3Cl)nc(NCC)c2n1. The number of pyridine rings is 1. The van der Waals surface area contributed by atoms with E-state index in [1.165, 1.54) is 20.3 Å². The number of hydrogen-bond acceptors (Lipinski definition) is 9. The lowest BCUT2D eigenvalue weighted by Crippen LogP contribution is -2.45. The van der Waals surface area contributed by atoms with Gasteiger partial charge in [0.2, 0.25) is 11.9 Å². The second-order valence-electron chi connectivity index (χ2n) is 7.91. The number of nitrogens with one attached hydrogen (secondary N) is 3. The Kier molecular flexibility index (Phi) is 7.97. The van der Waals surface area contributed by atoms with Gasteiger partial charge in [-0.1, -0.05) is 29.8 Å². The van der Waals surface area contributed by atoms with Gasteiger partial charge in [-0.25, -0.2) is 15.0 Å². The molecule has 1 aromatic carbocycles. The topological polar surface area (TPSA) is 120 Å². The van der Waals surface area contributed by atoms with Gasteiger partial charge in [-0.05, 0) is 19.1 Å². The molecule has 1 aliphatic rings. The third-order valence-corrected chi connectivity index (χ3v) is 6.40. The van der Waals surface area contributed by atoms with E-state index in [0.29, 0.717) is 69.8 Å². The largest absolute Gasteiger partial charge is 0.495 e. The number of nitrogens with zero attached hydrogens (tertiary/aromatic N) is 3. The molecule has 3 N–H and O–H groups in total. The zero-order chi connectivity index (χ0) is 25.8. The van der Waals surface area contributed by atoms with E-state index in [9.17, 15) is 4.79 Å². The molecular weight excluding hydrogens is 507 g/mol. The summed E-state index contributed by atoms with van der Waals surface area (Å²) in [4.78, 5) is 25.7. The average molecular weight is 533 g/mol. The van der Waals surface area contributed by atoms with Crippen molar-refractivity contribution in [1.82, 2.24) is 20.3 Å². The van der Waals surface area contributed by atoms with Gasteiger partial charge in [-0.15, -0.1) is 0 Å². The molecule has 2 atom stereocenters. The van der Waals surface area contributed by atoms with E-state index in [4.69, 9.17) is 42.4 Å². The zero-order valence-electron chi connectivity index (χ0n) is 20.0. The molecule has 36 heavy (non-hydrogen) atoms. The number of benzene rings is 1. The van der Waals surface area contributed by atoms with Crippen molar-refractivity contribution in [1.29, 1.82) is 0 Å². The molecule has 0 radical (unpaired) electrons. The zero-order valence-corrected chi connectivity index (χ0v) is 21.5. The summed E-state index contributed by atoms with van der Waals surface area (Å²) in [5, 5.41) is 10.7. The van der Waals surface area contributed by atoms with Gasteiger partial charge >= 0.3 is 0 Å². The lowest BCUT2D eigenvalue weighted by molar-refractivity contribution is -0.117. The minimum atomic E-state index is -0.269. The summed E-state index contributed by atoms with van der Waals surface area (Å²) in [6.07, 6.45) is 2.91. The third-order valence-electron chi connectivity index (χ3n) is 5.65. The van der Waals surface area contributed by atoms with Gasteiger partial charge in [-0.2, -0.15) is 0 Å². The van der Waals surface area contributed by atoms with Crippen LogP contribution in [0.4, 0.5) is 11.8 Å². The number of methoxy groups -OCH3 is 2. The van der Waals surface area contributed by atoms with E-state index >= 15 is 0 Å². The van der Waals surface area contributed by atoms with Crippen molar-refractivity contribution in [2.24, 2.45) is 0 Å². The Bertz CT molecular complexity index is 1280. The van der Waals surface area contributed by atoms with Gasteiger partial charge in [0.1, 0.15) is 17.0 Å². The van der Waals surface area contributed by atoms with Crippen LogP contribution in [0.3, 0.4) is 0 Å². The highest BCUT2D eigenvalue weighted by Crippen LogP contribution is 2.46. The van der Waals surface area contributed by atoms with Gasteiger partial charge in [0.15, 0.2) is 5.82 Å². The normalized spacial score (nSPS) is 17.0. The molecule has 190 valence electrons. The van der Waals surface area contributed by atoms with E-state index in [1.807, 2.05) is 6.92 Å².